The quantitative estimate of drug-likeness (QED) is 0.926. The molecule has 1 aliphatic rings. The van der Waals surface area contributed by atoms with Gasteiger partial charge in [-0.25, -0.2) is 0 Å². The van der Waals surface area contributed by atoms with Gasteiger partial charge in [0.05, 0.1) is 18.7 Å². The molecule has 1 atom stereocenters. The average Bonchev–Trinajstić information content (AvgIpc) is 2.82. The number of hydrogen-bond donors (Lipinski definition) is 1. The van der Waals surface area contributed by atoms with Gasteiger partial charge in [0.2, 0.25) is 0 Å². The Labute approximate surface area is 104 Å². The van der Waals surface area contributed by atoms with E-state index >= 15 is 0 Å². The van der Waals surface area contributed by atoms with Crippen LogP contribution in [0.4, 0.5) is 0 Å². The van der Waals surface area contributed by atoms with Gasteiger partial charge in [0.1, 0.15) is 11.5 Å². The van der Waals surface area contributed by atoms with Crippen LogP contribution in [0.5, 0.6) is 11.5 Å². The third-order valence-corrected chi connectivity index (χ3v) is 3.62. The maximum atomic E-state index is 5.42. The third-order valence-electron chi connectivity index (χ3n) is 3.00. The van der Waals surface area contributed by atoms with E-state index in [1.807, 2.05) is 6.07 Å². The van der Waals surface area contributed by atoms with Gasteiger partial charge in [0.15, 0.2) is 0 Å². The number of nitrogens with one attached hydrogen (secondary N) is 1. The minimum atomic E-state index is 0.525. The Kier molecular flexibility index (Phi) is 3.71. The Hall–Kier alpha value is -0.740. The van der Waals surface area contributed by atoms with Crippen molar-refractivity contribution >= 4 is 15.9 Å². The highest BCUT2D eigenvalue weighted by Crippen LogP contribution is 2.38. The van der Waals surface area contributed by atoms with Gasteiger partial charge in [-0.2, -0.15) is 0 Å². The summed E-state index contributed by atoms with van der Waals surface area (Å²) in [4.78, 5) is 0. The second kappa shape index (κ2) is 5.06. The van der Waals surface area contributed by atoms with Gasteiger partial charge in [-0.3, -0.25) is 0 Å². The molecule has 1 N–H and O–H groups in total. The molecule has 1 aromatic rings. The van der Waals surface area contributed by atoms with Crippen LogP contribution in [0.1, 0.15) is 17.9 Å². The van der Waals surface area contributed by atoms with Gasteiger partial charge >= 0.3 is 0 Å². The number of benzene rings is 1. The lowest BCUT2D eigenvalue weighted by Crippen LogP contribution is -2.09. The van der Waals surface area contributed by atoms with Crippen molar-refractivity contribution in [2.75, 3.05) is 27.3 Å². The fraction of sp³-hybridized carbons (Fsp3) is 0.500. The Morgan fingerprint density at radius 1 is 1.25 bits per heavy atom. The molecule has 16 heavy (non-hydrogen) atoms. The zero-order chi connectivity index (χ0) is 11.5. The second-order valence-electron chi connectivity index (χ2n) is 3.92. The lowest BCUT2D eigenvalue weighted by atomic mass is 9.97. The van der Waals surface area contributed by atoms with E-state index in [0.717, 1.165) is 35.5 Å². The van der Waals surface area contributed by atoms with Crippen LogP contribution in [0.2, 0.25) is 0 Å². The molecule has 3 nitrogen and oxygen atoms in total. The van der Waals surface area contributed by atoms with Gasteiger partial charge < -0.3 is 14.8 Å². The van der Waals surface area contributed by atoms with Crippen LogP contribution in [-0.2, 0) is 0 Å². The Balaban J connectivity index is 2.40. The van der Waals surface area contributed by atoms with Crippen molar-refractivity contribution in [1.82, 2.24) is 5.32 Å². The molecule has 0 amide bonds. The molecule has 1 aliphatic heterocycles. The highest BCUT2D eigenvalue weighted by Gasteiger charge is 2.21. The standard InChI is InChI=1S/C12H16BrNO2/c1-15-11-6-10(13)12(16-2)5-9(11)8-3-4-14-7-8/h5-6,8,14H,3-4,7H2,1-2H3/t8-/m1/s1. The third kappa shape index (κ3) is 2.18. The predicted octanol–water partition coefficient (Wildman–Crippen LogP) is 2.54. The lowest BCUT2D eigenvalue weighted by molar-refractivity contribution is 0.394. The van der Waals surface area contributed by atoms with E-state index in [9.17, 15) is 0 Å². The number of rotatable bonds is 3. The van der Waals surface area contributed by atoms with Crippen molar-refractivity contribution < 1.29 is 9.47 Å². The topological polar surface area (TPSA) is 30.5 Å². The number of hydrogen-bond acceptors (Lipinski definition) is 3. The summed E-state index contributed by atoms with van der Waals surface area (Å²) < 4.78 is 11.7. The van der Waals surface area contributed by atoms with Crippen LogP contribution in [0.15, 0.2) is 16.6 Å². The summed E-state index contributed by atoms with van der Waals surface area (Å²) in [6, 6.07) is 4.05. The Morgan fingerprint density at radius 2 is 2.00 bits per heavy atom. The van der Waals surface area contributed by atoms with Crippen molar-refractivity contribution in [2.45, 2.75) is 12.3 Å². The number of methoxy groups -OCH3 is 2. The molecular weight excluding hydrogens is 270 g/mol. The first kappa shape index (κ1) is 11.7. The highest BCUT2D eigenvalue weighted by molar-refractivity contribution is 9.10. The summed E-state index contributed by atoms with van der Waals surface area (Å²) in [5, 5.41) is 3.37. The minimum Gasteiger partial charge on any atom is -0.496 e. The van der Waals surface area contributed by atoms with Crippen molar-refractivity contribution in [3.8, 4) is 11.5 Å². The van der Waals surface area contributed by atoms with Crippen LogP contribution >= 0.6 is 15.9 Å². The summed E-state index contributed by atoms with van der Waals surface area (Å²) in [6.45, 7) is 2.09. The van der Waals surface area contributed by atoms with Crippen LogP contribution in [0.3, 0.4) is 0 Å². The maximum Gasteiger partial charge on any atom is 0.133 e. The van der Waals surface area contributed by atoms with Gasteiger partial charge in [-0.1, -0.05) is 0 Å². The van der Waals surface area contributed by atoms with Gasteiger partial charge in [-0.05, 0) is 41.0 Å². The first-order valence-electron chi connectivity index (χ1n) is 5.38. The summed E-state index contributed by atoms with van der Waals surface area (Å²) in [7, 11) is 3.39. The van der Waals surface area contributed by atoms with Crippen molar-refractivity contribution in [2.24, 2.45) is 0 Å². The van der Waals surface area contributed by atoms with E-state index in [0.29, 0.717) is 5.92 Å². The molecule has 0 bridgehead atoms. The summed E-state index contributed by atoms with van der Waals surface area (Å²) >= 11 is 3.47. The SMILES string of the molecule is COc1cc([C@@H]2CCNC2)c(OC)cc1Br. The van der Waals surface area contributed by atoms with Crippen LogP contribution in [0, 0.1) is 0 Å². The van der Waals surface area contributed by atoms with Gasteiger partial charge in [-0.15, -0.1) is 0 Å². The molecule has 0 saturated carbocycles. The monoisotopic (exact) mass is 285 g/mol. The molecule has 1 fully saturated rings. The Bertz CT molecular complexity index is 376. The van der Waals surface area contributed by atoms with Gasteiger partial charge in [0, 0.05) is 18.0 Å². The lowest BCUT2D eigenvalue weighted by Gasteiger charge is -2.16. The van der Waals surface area contributed by atoms with Crippen molar-refractivity contribution in [3.63, 3.8) is 0 Å². The molecule has 1 saturated heterocycles. The molecule has 4 heteroatoms. The molecule has 1 aromatic carbocycles. The second-order valence-corrected chi connectivity index (χ2v) is 4.77. The average molecular weight is 286 g/mol. The molecule has 0 spiro atoms. The summed E-state index contributed by atoms with van der Waals surface area (Å²) in [5.41, 5.74) is 1.23. The zero-order valence-electron chi connectivity index (χ0n) is 9.55. The smallest absolute Gasteiger partial charge is 0.133 e. The van der Waals surface area contributed by atoms with Crippen molar-refractivity contribution in [1.29, 1.82) is 0 Å². The molecule has 1 heterocycles. The molecule has 0 radical (unpaired) electrons. The molecule has 0 aromatic heterocycles. The number of halogens is 1. The van der Waals surface area contributed by atoms with Gasteiger partial charge in [0.25, 0.3) is 0 Å². The first-order valence-corrected chi connectivity index (χ1v) is 6.17. The van der Waals surface area contributed by atoms with E-state index in [-0.39, 0.29) is 0 Å². The molecule has 2 rings (SSSR count). The fourth-order valence-corrected chi connectivity index (χ4v) is 2.61. The number of ether oxygens (including phenoxy) is 2. The molecule has 0 aliphatic carbocycles. The highest BCUT2D eigenvalue weighted by atomic mass is 79.9. The van der Waals surface area contributed by atoms with E-state index in [1.165, 1.54) is 5.56 Å². The van der Waals surface area contributed by atoms with E-state index in [1.54, 1.807) is 14.2 Å². The predicted molar refractivity (Wildman–Crippen MR) is 67.5 cm³/mol. The van der Waals surface area contributed by atoms with Crippen LogP contribution in [-0.4, -0.2) is 27.3 Å². The first-order chi connectivity index (χ1) is 7.76. The summed E-state index contributed by atoms with van der Waals surface area (Å²) in [6.07, 6.45) is 1.15. The largest absolute Gasteiger partial charge is 0.496 e. The maximum absolute atomic E-state index is 5.42. The van der Waals surface area contributed by atoms with E-state index < -0.39 is 0 Å². The van der Waals surface area contributed by atoms with Crippen molar-refractivity contribution in [3.05, 3.63) is 22.2 Å². The van der Waals surface area contributed by atoms with Crippen LogP contribution < -0.4 is 14.8 Å². The molecular formula is C12H16BrNO2. The molecule has 88 valence electrons. The molecule has 0 unspecified atom stereocenters. The fourth-order valence-electron chi connectivity index (χ4n) is 2.12. The minimum absolute atomic E-state index is 0.525. The van der Waals surface area contributed by atoms with E-state index in [4.69, 9.17) is 9.47 Å². The zero-order valence-corrected chi connectivity index (χ0v) is 11.1. The van der Waals surface area contributed by atoms with Crippen LogP contribution in [0.25, 0.3) is 0 Å². The normalized spacial score (nSPS) is 19.8. The summed E-state index contributed by atoms with van der Waals surface area (Å²) in [5.74, 6) is 2.32. The Morgan fingerprint density at radius 3 is 2.56 bits per heavy atom. The van der Waals surface area contributed by atoms with E-state index in [2.05, 4.69) is 27.3 Å².